The minimum atomic E-state index is -0.788. The number of aromatic nitrogens is 1. The molecule has 2 N–H and O–H groups in total. The van der Waals surface area contributed by atoms with E-state index in [4.69, 9.17) is 32.7 Å². The number of rotatable bonds is 6. The van der Waals surface area contributed by atoms with Crippen LogP contribution in [0.5, 0.6) is 5.75 Å². The first-order valence-electron chi connectivity index (χ1n) is 33.5. The fraction of sp³-hybridized carbons (Fsp3) is 0.768. The third-order valence-corrected chi connectivity index (χ3v) is 18.6. The van der Waals surface area contributed by atoms with Crippen LogP contribution in [0.1, 0.15) is 332 Å². The second-order valence-corrected chi connectivity index (χ2v) is 25.7. The van der Waals surface area contributed by atoms with Crippen LogP contribution in [0.15, 0.2) is 40.8 Å². The Morgan fingerprint density at radius 2 is 0.850 bits per heavy atom. The molecule has 1 aromatic carbocycles. The molecule has 1 saturated heterocycles. The average molecular weight is 1210 g/mol. The van der Waals surface area contributed by atoms with Gasteiger partial charge < -0.3 is 20.1 Å². The van der Waals surface area contributed by atoms with Crippen LogP contribution < -0.4 is 15.4 Å². The van der Waals surface area contributed by atoms with Gasteiger partial charge in [0, 0.05) is 37.7 Å². The minimum Gasteiger partial charge on any atom is -0.422 e. The molecule has 4 rings (SSSR count). The first kappa shape index (κ1) is 70.0. The molecular formula is C69H112BrCl2N3O5. The highest BCUT2D eigenvalue weighted by Crippen LogP contribution is 2.53. The van der Waals surface area contributed by atoms with Gasteiger partial charge in [-0.05, 0) is 47.3 Å². The van der Waals surface area contributed by atoms with E-state index in [1.54, 1.807) is 25.1 Å². The van der Waals surface area contributed by atoms with Gasteiger partial charge in [0.2, 0.25) is 0 Å². The van der Waals surface area contributed by atoms with Crippen molar-refractivity contribution in [1.29, 1.82) is 0 Å². The molecule has 1 atom stereocenters. The van der Waals surface area contributed by atoms with Gasteiger partial charge in [-0.3, -0.25) is 19.4 Å². The molecule has 1 spiro atoms. The molecular weight excluding hydrogens is 1100 g/mol. The number of allylic oxidation sites excluding steroid dienone is 2. The van der Waals surface area contributed by atoms with E-state index in [1.807, 2.05) is 0 Å². The van der Waals surface area contributed by atoms with Crippen molar-refractivity contribution in [3.05, 3.63) is 56.4 Å². The molecule has 8 nitrogen and oxygen atoms in total. The summed E-state index contributed by atoms with van der Waals surface area (Å²) in [6.45, 7) is 2.87. The Morgan fingerprint density at radius 1 is 0.512 bits per heavy atom. The molecule has 0 saturated carbocycles. The van der Waals surface area contributed by atoms with Crippen LogP contribution in [-0.2, 0) is 14.3 Å². The van der Waals surface area contributed by atoms with Crippen LogP contribution in [0.2, 0.25) is 10.0 Å². The number of nitrogens with one attached hydrogen (secondary N) is 2. The van der Waals surface area contributed by atoms with Gasteiger partial charge >= 0.3 is 5.97 Å². The molecule has 2 aliphatic rings. The lowest BCUT2D eigenvalue weighted by Crippen LogP contribution is -2.46. The molecule has 2 heterocycles. The number of benzene rings is 1. The van der Waals surface area contributed by atoms with Crippen molar-refractivity contribution < 1.29 is 23.9 Å². The molecule has 11 heteroatoms. The topological polar surface area (TPSA) is 107 Å². The molecule has 2 aromatic rings. The van der Waals surface area contributed by atoms with Crippen molar-refractivity contribution in [1.82, 2.24) is 4.98 Å². The number of nitrogens with zero attached hydrogens (tertiary/aromatic N) is 1. The molecule has 80 heavy (non-hydrogen) atoms. The second-order valence-electron chi connectivity index (χ2n) is 24.0. The maximum Gasteiger partial charge on any atom is 0.311 e. The lowest BCUT2D eigenvalue weighted by Gasteiger charge is -2.43. The predicted molar refractivity (Wildman–Crippen MR) is 344 cm³/mol. The largest absolute Gasteiger partial charge is 0.422 e. The summed E-state index contributed by atoms with van der Waals surface area (Å²) < 4.78 is 12.7. The number of hydrogen-bond acceptors (Lipinski definition) is 7. The number of esters is 1. The number of anilines is 2. The van der Waals surface area contributed by atoms with Gasteiger partial charge in [0.25, 0.3) is 5.91 Å². The Hall–Kier alpha value is -2.46. The van der Waals surface area contributed by atoms with Crippen molar-refractivity contribution in [2.45, 2.75) is 322 Å². The quantitative estimate of drug-likeness (QED) is 0.219. The summed E-state index contributed by atoms with van der Waals surface area (Å²) in [7, 11) is 0. The summed E-state index contributed by atoms with van der Waals surface area (Å²) >= 11 is 16.3. The fourth-order valence-electron chi connectivity index (χ4n) is 12.1. The molecule has 1 unspecified atom stereocenters. The average Bonchev–Trinajstić information content (AvgIpc) is 3.60. The number of ether oxygens (including phenoxy) is 2. The minimum absolute atomic E-state index is 0.0606. The molecule has 1 aliphatic heterocycles. The van der Waals surface area contributed by atoms with Gasteiger partial charge in [0.1, 0.15) is 0 Å². The number of Topliss-reactive ketones (excluding diaryl/α,β-unsaturated/α-hetero) is 1. The van der Waals surface area contributed by atoms with E-state index in [2.05, 4.69) is 31.5 Å². The summed E-state index contributed by atoms with van der Waals surface area (Å²) in [6, 6.07) is 5.21. The summed E-state index contributed by atoms with van der Waals surface area (Å²) in [6.07, 6.45) is 66.9. The standard InChI is InChI=1S/C69H112BrCl2N3O5/c1-2-62(76)80-65-60(50-49-51-61(65)75-68(78)63-58(71)56-73-57-59(63)72)74-66-64(70)67(77)69(66)52-47-45-43-41-39-37-35-33-31-29-27-25-23-21-19-17-15-13-11-9-7-5-3-4-6-8-10-12-14-16-18-20-22-24-26-28-30-32-34-36-38-40-42-44-46-48-54-79-55-53-69/h49-51,56-57,74H,2-48,52-55H2,1H3,(H,75,78). The highest BCUT2D eigenvalue weighted by molar-refractivity contribution is 9.12. The third kappa shape index (κ3) is 29.4. The maximum absolute atomic E-state index is 14.2. The van der Waals surface area contributed by atoms with Crippen molar-refractivity contribution >= 4 is 68.2 Å². The van der Waals surface area contributed by atoms with Crippen molar-refractivity contribution in [2.75, 3.05) is 23.8 Å². The molecule has 1 aromatic heterocycles. The third-order valence-electron chi connectivity index (χ3n) is 17.3. The Bertz CT molecular complexity index is 1920. The van der Waals surface area contributed by atoms with E-state index in [-0.39, 0.29) is 39.2 Å². The number of hydrogen-bond donors (Lipinski definition) is 2. The number of carbonyl (C=O) groups excluding carboxylic acids is 3. The molecule has 454 valence electrons. The van der Waals surface area contributed by atoms with E-state index < -0.39 is 17.3 Å². The van der Waals surface area contributed by atoms with E-state index >= 15 is 0 Å². The smallest absolute Gasteiger partial charge is 0.311 e. The van der Waals surface area contributed by atoms with E-state index in [0.29, 0.717) is 36.2 Å². The molecule has 0 bridgehead atoms. The zero-order valence-corrected chi connectivity index (χ0v) is 53.7. The van der Waals surface area contributed by atoms with Crippen LogP contribution in [0.25, 0.3) is 0 Å². The molecule has 1 aliphatic carbocycles. The normalized spacial score (nSPS) is 22.1. The molecule has 0 radical (unpaired) electrons. The van der Waals surface area contributed by atoms with Crippen molar-refractivity contribution in [3.8, 4) is 5.75 Å². The van der Waals surface area contributed by atoms with Gasteiger partial charge in [-0.25, -0.2) is 0 Å². The van der Waals surface area contributed by atoms with Crippen LogP contribution in [-0.4, -0.2) is 35.9 Å². The summed E-state index contributed by atoms with van der Waals surface area (Å²) in [5.41, 5.74) is 0.724. The van der Waals surface area contributed by atoms with E-state index in [9.17, 15) is 14.4 Å². The lowest BCUT2D eigenvalue weighted by molar-refractivity contribution is -0.134. The van der Waals surface area contributed by atoms with Gasteiger partial charge in [-0.15, -0.1) is 0 Å². The number of ketones is 1. The highest BCUT2D eigenvalue weighted by atomic mass is 79.9. The van der Waals surface area contributed by atoms with E-state index in [1.165, 1.54) is 276 Å². The summed E-state index contributed by atoms with van der Waals surface area (Å²) in [4.78, 5) is 44.6. The molecule has 1 fully saturated rings. The first-order chi connectivity index (χ1) is 39.3. The Labute approximate surface area is 506 Å². The zero-order valence-electron chi connectivity index (χ0n) is 50.6. The van der Waals surface area contributed by atoms with Gasteiger partial charge in [-0.1, -0.05) is 325 Å². The Kier molecular flexibility index (Phi) is 40.2. The number of carbonyl (C=O) groups is 3. The Morgan fingerprint density at radius 3 is 1.21 bits per heavy atom. The highest BCUT2D eigenvalue weighted by Gasteiger charge is 2.52. The molecule has 1 amide bonds. The second kappa shape index (κ2) is 45.9. The summed E-state index contributed by atoms with van der Waals surface area (Å²) in [5.74, 6) is -0.840. The number of amides is 1. The maximum atomic E-state index is 14.2. The van der Waals surface area contributed by atoms with Crippen molar-refractivity contribution in [2.24, 2.45) is 5.41 Å². The van der Waals surface area contributed by atoms with Gasteiger partial charge in [0.15, 0.2) is 11.5 Å². The van der Waals surface area contributed by atoms with Crippen molar-refractivity contribution in [3.63, 3.8) is 0 Å². The SMILES string of the molecule is CCC(=O)Oc1c(NC(=O)c2c(Cl)cncc2Cl)cccc1NC1=C(Br)C(=O)C12CCCCCCCCCCCCCCCCCCCCCCCCCCCCCCCCCCCCCCCCCCCCCCCCOCC2. The predicted octanol–water partition coefficient (Wildman–Crippen LogP) is 23.3. The zero-order chi connectivity index (χ0) is 57.0. The first-order valence-corrected chi connectivity index (χ1v) is 35.1. The van der Waals surface area contributed by atoms with Crippen LogP contribution >= 0.6 is 39.1 Å². The van der Waals surface area contributed by atoms with Gasteiger partial charge in [-0.2, -0.15) is 0 Å². The fourth-order valence-corrected chi connectivity index (χ4v) is 13.5. The monoisotopic (exact) mass is 1210 g/mol. The van der Waals surface area contributed by atoms with Crippen LogP contribution in [0, 0.1) is 5.41 Å². The lowest BCUT2D eigenvalue weighted by atomic mass is 9.65. The number of para-hydroxylation sites is 1. The van der Waals surface area contributed by atoms with Crippen LogP contribution in [0.3, 0.4) is 0 Å². The summed E-state index contributed by atoms with van der Waals surface area (Å²) in [5, 5.41) is 6.57. The Balaban J connectivity index is 1.24. The van der Waals surface area contributed by atoms with Gasteiger partial charge in [0.05, 0.1) is 36.9 Å². The number of pyridine rings is 1. The number of halogens is 3. The van der Waals surface area contributed by atoms with E-state index in [0.717, 1.165) is 37.8 Å². The van der Waals surface area contributed by atoms with Crippen LogP contribution in [0.4, 0.5) is 11.4 Å².